The minimum absolute atomic E-state index is 0.584. The van der Waals surface area contributed by atoms with E-state index in [2.05, 4.69) is 27.4 Å². The fraction of sp³-hybridized carbons (Fsp3) is 0.900. The van der Waals surface area contributed by atoms with Gasteiger partial charge in [0.25, 0.3) is 0 Å². The monoisotopic (exact) mass is 272 g/mol. The molecule has 4 rings (SSSR count). The summed E-state index contributed by atoms with van der Waals surface area (Å²) in [6.45, 7) is 12.2. The van der Waals surface area contributed by atoms with Crippen molar-refractivity contribution in [3.63, 3.8) is 0 Å². The first-order valence-corrected chi connectivity index (χ1v) is 9.05. The van der Waals surface area contributed by atoms with E-state index in [1.54, 1.807) is 5.57 Å². The van der Waals surface area contributed by atoms with E-state index in [1.165, 1.54) is 57.8 Å². The number of hydrogen-bond donors (Lipinski definition) is 0. The highest BCUT2D eigenvalue weighted by Gasteiger charge is 2.62. The molecule has 0 heteroatoms. The van der Waals surface area contributed by atoms with Gasteiger partial charge in [0.05, 0.1) is 0 Å². The number of rotatable bonds is 0. The molecule has 0 aromatic carbocycles. The first-order chi connectivity index (χ1) is 9.37. The third kappa shape index (κ3) is 1.54. The highest BCUT2D eigenvalue weighted by Crippen LogP contribution is 2.72. The molecular weight excluding hydrogens is 240 g/mol. The second kappa shape index (κ2) is 3.93. The Morgan fingerprint density at radius 3 is 2.55 bits per heavy atom. The van der Waals surface area contributed by atoms with Crippen LogP contribution in [0.2, 0.25) is 0 Å². The second-order valence-electron chi connectivity index (χ2n) is 9.67. The molecule has 0 aromatic rings. The van der Waals surface area contributed by atoms with Gasteiger partial charge in [-0.1, -0.05) is 39.3 Å². The molecule has 4 saturated carbocycles. The van der Waals surface area contributed by atoms with Crippen molar-refractivity contribution in [1.29, 1.82) is 0 Å². The molecule has 0 nitrogen and oxygen atoms in total. The molecule has 0 radical (unpaired) electrons. The lowest BCUT2D eigenvalue weighted by Gasteiger charge is -2.64. The van der Waals surface area contributed by atoms with E-state index < -0.39 is 0 Å². The lowest BCUT2D eigenvalue weighted by molar-refractivity contribution is -0.144. The Bertz CT molecular complexity index is 445. The largest absolute Gasteiger partial charge is 0.0996 e. The van der Waals surface area contributed by atoms with E-state index in [-0.39, 0.29) is 0 Å². The summed E-state index contributed by atoms with van der Waals surface area (Å²) in [5, 5.41) is 0. The first kappa shape index (κ1) is 13.4. The van der Waals surface area contributed by atoms with Gasteiger partial charge < -0.3 is 0 Å². The molecule has 0 aliphatic heterocycles. The third-order valence-electron chi connectivity index (χ3n) is 8.36. The van der Waals surface area contributed by atoms with Crippen LogP contribution in [0, 0.1) is 34.0 Å². The van der Waals surface area contributed by atoms with Crippen molar-refractivity contribution in [1.82, 2.24) is 0 Å². The van der Waals surface area contributed by atoms with Gasteiger partial charge in [0, 0.05) is 0 Å². The Hall–Kier alpha value is -0.260. The Morgan fingerprint density at radius 1 is 0.950 bits per heavy atom. The van der Waals surface area contributed by atoms with Crippen molar-refractivity contribution in [2.45, 2.75) is 78.6 Å². The topological polar surface area (TPSA) is 0 Å². The summed E-state index contributed by atoms with van der Waals surface area (Å²) in [5.41, 5.74) is 3.51. The predicted octanol–water partition coefficient (Wildman–Crippen LogP) is 5.98. The Labute approximate surface area is 125 Å². The van der Waals surface area contributed by atoms with E-state index in [9.17, 15) is 0 Å². The third-order valence-corrected chi connectivity index (χ3v) is 8.36. The van der Waals surface area contributed by atoms with Crippen molar-refractivity contribution in [3.05, 3.63) is 12.2 Å². The van der Waals surface area contributed by atoms with E-state index in [1.807, 2.05) is 0 Å². The summed E-state index contributed by atoms with van der Waals surface area (Å²) in [5.74, 6) is 2.87. The summed E-state index contributed by atoms with van der Waals surface area (Å²) in [4.78, 5) is 0. The molecule has 0 amide bonds. The molecule has 4 aliphatic rings. The maximum atomic E-state index is 4.44. The van der Waals surface area contributed by atoms with Crippen molar-refractivity contribution >= 4 is 0 Å². The highest BCUT2D eigenvalue weighted by molar-refractivity contribution is 5.22. The lowest BCUT2D eigenvalue weighted by Crippen LogP contribution is -2.55. The maximum Gasteiger partial charge on any atom is -0.0200 e. The van der Waals surface area contributed by atoms with Crippen LogP contribution in [0.15, 0.2) is 12.2 Å². The molecule has 0 aromatic heterocycles. The van der Waals surface area contributed by atoms with Crippen molar-refractivity contribution in [2.24, 2.45) is 34.0 Å². The van der Waals surface area contributed by atoms with Crippen LogP contribution in [0.3, 0.4) is 0 Å². The van der Waals surface area contributed by atoms with Gasteiger partial charge in [-0.3, -0.25) is 0 Å². The molecule has 112 valence electrons. The summed E-state index contributed by atoms with van der Waals surface area (Å²) in [6.07, 6.45) is 13.3. The van der Waals surface area contributed by atoms with Gasteiger partial charge in [-0.15, -0.1) is 0 Å². The van der Waals surface area contributed by atoms with E-state index in [4.69, 9.17) is 0 Å². The average Bonchev–Trinajstić information content (AvgIpc) is 2.58. The normalized spacial score (nSPS) is 53.4. The lowest BCUT2D eigenvalue weighted by atomic mass is 9.41. The Morgan fingerprint density at radius 2 is 1.75 bits per heavy atom. The van der Waals surface area contributed by atoms with Gasteiger partial charge in [-0.05, 0) is 85.4 Å². The van der Waals surface area contributed by atoms with Gasteiger partial charge in [0.2, 0.25) is 0 Å². The van der Waals surface area contributed by atoms with E-state index >= 15 is 0 Å². The second-order valence-corrected chi connectivity index (χ2v) is 9.67. The highest BCUT2D eigenvalue weighted by atomic mass is 14.7. The van der Waals surface area contributed by atoms with Crippen LogP contribution in [0.5, 0.6) is 0 Å². The van der Waals surface area contributed by atoms with E-state index in [0.717, 1.165) is 17.8 Å². The smallest absolute Gasteiger partial charge is 0.0200 e. The van der Waals surface area contributed by atoms with Crippen molar-refractivity contribution < 1.29 is 0 Å². The Kier molecular flexibility index (Phi) is 2.63. The first-order valence-electron chi connectivity index (χ1n) is 9.05. The molecule has 0 N–H and O–H groups in total. The van der Waals surface area contributed by atoms with Crippen molar-refractivity contribution in [3.8, 4) is 0 Å². The fourth-order valence-electron chi connectivity index (χ4n) is 7.68. The number of fused-ring (bicyclic) bond motifs is 3. The van der Waals surface area contributed by atoms with Crippen LogP contribution < -0.4 is 0 Å². The van der Waals surface area contributed by atoms with Gasteiger partial charge >= 0.3 is 0 Å². The predicted molar refractivity (Wildman–Crippen MR) is 85.5 cm³/mol. The molecule has 0 heterocycles. The molecule has 2 bridgehead atoms. The minimum atomic E-state index is 0.584. The number of hydrogen-bond acceptors (Lipinski definition) is 0. The molecule has 0 saturated heterocycles. The molecule has 5 atom stereocenters. The quantitative estimate of drug-likeness (QED) is 0.476. The zero-order valence-corrected chi connectivity index (χ0v) is 13.8. The standard InChI is InChI=1S/C20H32/c1-14-12-20-11-8-16-18(2,3)9-5-10-19(16,4)17(20)7-6-15(14)13-20/h15-17H,1,5-13H2,2-4H3/t15-,16+,17-,19+,20?/m1/s1. The zero-order valence-electron chi connectivity index (χ0n) is 13.8. The van der Waals surface area contributed by atoms with Gasteiger partial charge in [0.15, 0.2) is 0 Å². The van der Waals surface area contributed by atoms with Crippen LogP contribution in [-0.4, -0.2) is 0 Å². The molecular formula is C20H32. The minimum Gasteiger partial charge on any atom is -0.0996 e. The van der Waals surface area contributed by atoms with Gasteiger partial charge in [-0.2, -0.15) is 0 Å². The van der Waals surface area contributed by atoms with Crippen LogP contribution in [0.4, 0.5) is 0 Å². The summed E-state index contributed by atoms with van der Waals surface area (Å²) in [7, 11) is 0. The maximum absolute atomic E-state index is 4.44. The van der Waals surface area contributed by atoms with Gasteiger partial charge in [-0.25, -0.2) is 0 Å². The average molecular weight is 272 g/mol. The molecule has 1 unspecified atom stereocenters. The molecule has 4 fully saturated rings. The summed E-state index contributed by atoms with van der Waals surface area (Å²) < 4.78 is 0. The van der Waals surface area contributed by atoms with Crippen molar-refractivity contribution in [2.75, 3.05) is 0 Å². The van der Waals surface area contributed by atoms with Crippen LogP contribution in [0.25, 0.3) is 0 Å². The summed E-state index contributed by atoms with van der Waals surface area (Å²) in [6, 6.07) is 0. The molecule has 1 spiro atoms. The fourth-order valence-corrected chi connectivity index (χ4v) is 7.68. The summed E-state index contributed by atoms with van der Waals surface area (Å²) >= 11 is 0. The molecule has 20 heavy (non-hydrogen) atoms. The van der Waals surface area contributed by atoms with Crippen LogP contribution in [-0.2, 0) is 0 Å². The van der Waals surface area contributed by atoms with Crippen LogP contribution >= 0.6 is 0 Å². The van der Waals surface area contributed by atoms with E-state index in [0.29, 0.717) is 16.2 Å². The number of allylic oxidation sites excluding steroid dienone is 1. The SMILES string of the molecule is C=C1CC23CC[C@H]4C(C)(C)CCC[C@]4(C)[C@H]2CC[C@@H]1C3. The molecule has 4 aliphatic carbocycles. The Balaban J connectivity index is 1.74. The zero-order chi connectivity index (χ0) is 14.2. The van der Waals surface area contributed by atoms with Gasteiger partial charge in [0.1, 0.15) is 0 Å². The van der Waals surface area contributed by atoms with Crippen LogP contribution in [0.1, 0.15) is 78.6 Å².